The molecule has 3 rings (SSSR count). The Hall–Kier alpha value is -2.33. The van der Waals surface area contributed by atoms with E-state index in [0.29, 0.717) is 44.0 Å². The van der Waals surface area contributed by atoms with Crippen LogP contribution in [0.4, 0.5) is 0 Å². The summed E-state index contributed by atoms with van der Waals surface area (Å²) >= 11 is 5.90. The average Bonchev–Trinajstić information content (AvgIpc) is 2.93. The zero-order valence-electron chi connectivity index (χ0n) is 15.7. The van der Waals surface area contributed by atoms with Crippen LogP contribution in [0.2, 0.25) is 5.02 Å². The van der Waals surface area contributed by atoms with Crippen molar-refractivity contribution in [3.8, 4) is 0 Å². The van der Waals surface area contributed by atoms with Gasteiger partial charge in [0.05, 0.1) is 0 Å². The lowest BCUT2D eigenvalue weighted by Gasteiger charge is -2.23. The van der Waals surface area contributed by atoms with Gasteiger partial charge in [0.1, 0.15) is 0 Å². The van der Waals surface area contributed by atoms with Gasteiger partial charge in [-0.3, -0.25) is 9.59 Å². The summed E-state index contributed by atoms with van der Waals surface area (Å²) in [6, 6.07) is 15.3. The summed E-state index contributed by atoms with van der Waals surface area (Å²) in [5.74, 6) is 0.207. The monoisotopic (exact) mass is 384 g/mol. The van der Waals surface area contributed by atoms with Crippen LogP contribution < -0.4 is 0 Å². The third kappa shape index (κ3) is 5.10. The Kier molecular flexibility index (Phi) is 6.51. The van der Waals surface area contributed by atoms with Crippen molar-refractivity contribution < 1.29 is 9.59 Å². The second-order valence-electron chi connectivity index (χ2n) is 6.97. The molecule has 1 fully saturated rings. The van der Waals surface area contributed by atoms with Crippen molar-refractivity contribution >= 4 is 23.4 Å². The van der Waals surface area contributed by atoms with Crippen LogP contribution in [0, 0.1) is 6.92 Å². The van der Waals surface area contributed by atoms with Gasteiger partial charge in [0, 0.05) is 43.2 Å². The minimum absolute atomic E-state index is 0.0589. The molecule has 0 radical (unpaired) electrons. The quantitative estimate of drug-likeness (QED) is 0.800. The Labute approximate surface area is 165 Å². The van der Waals surface area contributed by atoms with Crippen molar-refractivity contribution in [1.82, 2.24) is 9.80 Å². The fraction of sp³-hybridized carbons (Fsp3) is 0.364. The van der Waals surface area contributed by atoms with Crippen LogP contribution in [0.1, 0.15) is 34.3 Å². The first-order valence-electron chi connectivity index (χ1n) is 9.42. The normalized spacial score (nSPS) is 14.7. The van der Waals surface area contributed by atoms with E-state index in [-0.39, 0.29) is 11.8 Å². The summed E-state index contributed by atoms with van der Waals surface area (Å²) < 4.78 is 0. The first kappa shape index (κ1) is 19.4. The number of carbonyl (C=O) groups is 2. The molecule has 27 heavy (non-hydrogen) atoms. The summed E-state index contributed by atoms with van der Waals surface area (Å²) in [5.41, 5.74) is 2.85. The Bertz CT molecular complexity index is 804. The van der Waals surface area contributed by atoms with Gasteiger partial charge in [0.15, 0.2) is 0 Å². The summed E-state index contributed by atoms with van der Waals surface area (Å²) in [5, 5.41) is 0.705. The standard InChI is InChI=1S/C22H25ClN2O2/c1-17-5-2-3-6-20(17)22(27)25-14-4-13-24(15-16-25)21(26)12-9-18-7-10-19(23)11-8-18/h2-3,5-8,10-11H,4,9,12-16H2,1H3. The molecule has 0 aliphatic carbocycles. The minimum Gasteiger partial charge on any atom is -0.341 e. The fourth-order valence-corrected chi connectivity index (χ4v) is 3.54. The van der Waals surface area contributed by atoms with E-state index in [9.17, 15) is 9.59 Å². The van der Waals surface area contributed by atoms with Crippen LogP contribution in [-0.2, 0) is 11.2 Å². The highest BCUT2D eigenvalue weighted by Crippen LogP contribution is 2.15. The van der Waals surface area contributed by atoms with E-state index >= 15 is 0 Å². The second-order valence-corrected chi connectivity index (χ2v) is 7.40. The van der Waals surface area contributed by atoms with E-state index in [4.69, 9.17) is 11.6 Å². The van der Waals surface area contributed by atoms with Gasteiger partial charge in [-0.2, -0.15) is 0 Å². The fourth-order valence-electron chi connectivity index (χ4n) is 3.41. The van der Waals surface area contributed by atoms with E-state index in [0.717, 1.165) is 23.1 Å². The van der Waals surface area contributed by atoms with Gasteiger partial charge in [0.2, 0.25) is 5.91 Å². The molecule has 1 saturated heterocycles. The molecular formula is C22H25ClN2O2. The van der Waals surface area contributed by atoms with Crippen LogP contribution in [0.3, 0.4) is 0 Å². The number of rotatable bonds is 4. The van der Waals surface area contributed by atoms with Crippen molar-refractivity contribution in [3.05, 3.63) is 70.2 Å². The minimum atomic E-state index is 0.0589. The van der Waals surface area contributed by atoms with Gasteiger partial charge in [-0.25, -0.2) is 0 Å². The van der Waals surface area contributed by atoms with Gasteiger partial charge in [-0.1, -0.05) is 41.9 Å². The van der Waals surface area contributed by atoms with Crippen molar-refractivity contribution in [2.24, 2.45) is 0 Å². The number of carbonyl (C=O) groups excluding carboxylic acids is 2. The Morgan fingerprint density at radius 2 is 1.59 bits per heavy atom. The molecule has 1 aliphatic rings. The number of benzene rings is 2. The average molecular weight is 385 g/mol. The molecule has 2 aromatic rings. The summed E-state index contributed by atoms with van der Waals surface area (Å²) in [4.78, 5) is 29.1. The molecule has 0 bridgehead atoms. The first-order chi connectivity index (χ1) is 13.0. The van der Waals surface area contributed by atoms with Crippen LogP contribution in [0.5, 0.6) is 0 Å². The summed E-state index contributed by atoms with van der Waals surface area (Å²) in [7, 11) is 0. The Balaban J connectivity index is 1.54. The van der Waals surface area contributed by atoms with E-state index in [2.05, 4.69) is 0 Å². The number of halogens is 1. The maximum Gasteiger partial charge on any atom is 0.254 e. The first-order valence-corrected chi connectivity index (χ1v) is 9.79. The molecule has 2 amide bonds. The van der Waals surface area contributed by atoms with E-state index in [1.54, 1.807) is 0 Å². The van der Waals surface area contributed by atoms with E-state index < -0.39 is 0 Å². The predicted molar refractivity (Wildman–Crippen MR) is 108 cm³/mol. The lowest BCUT2D eigenvalue weighted by atomic mass is 10.1. The second kappa shape index (κ2) is 9.05. The summed E-state index contributed by atoms with van der Waals surface area (Å²) in [6.45, 7) is 4.53. The van der Waals surface area contributed by atoms with Gasteiger partial charge >= 0.3 is 0 Å². The van der Waals surface area contributed by atoms with Gasteiger partial charge < -0.3 is 9.80 Å². The Morgan fingerprint density at radius 3 is 2.33 bits per heavy atom. The van der Waals surface area contributed by atoms with Crippen LogP contribution >= 0.6 is 11.6 Å². The van der Waals surface area contributed by atoms with Gasteiger partial charge in [-0.15, -0.1) is 0 Å². The van der Waals surface area contributed by atoms with Gasteiger partial charge in [-0.05, 0) is 49.1 Å². The smallest absolute Gasteiger partial charge is 0.254 e. The molecule has 0 unspecified atom stereocenters. The zero-order valence-corrected chi connectivity index (χ0v) is 16.4. The van der Waals surface area contributed by atoms with Crippen molar-refractivity contribution in [3.63, 3.8) is 0 Å². The van der Waals surface area contributed by atoms with Gasteiger partial charge in [0.25, 0.3) is 5.91 Å². The third-order valence-corrected chi connectivity index (χ3v) is 5.30. The Morgan fingerprint density at radius 1 is 0.926 bits per heavy atom. The van der Waals surface area contributed by atoms with E-state index in [1.807, 2.05) is 65.3 Å². The van der Waals surface area contributed by atoms with Crippen LogP contribution in [-0.4, -0.2) is 47.8 Å². The number of nitrogens with zero attached hydrogens (tertiary/aromatic N) is 2. The molecule has 0 atom stereocenters. The largest absolute Gasteiger partial charge is 0.341 e. The summed E-state index contributed by atoms with van der Waals surface area (Å²) in [6.07, 6.45) is 2.00. The maximum atomic E-state index is 12.8. The third-order valence-electron chi connectivity index (χ3n) is 5.05. The zero-order chi connectivity index (χ0) is 19.2. The molecule has 5 heteroatoms. The van der Waals surface area contributed by atoms with Crippen LogP contribution in [0.25, 0.3) is 0 Å². The molecule has 142 valence electrons. The molecule has 0 N–H and O–H groups in total. The molecule has 2 aromatic carbocycles. The molecule has 4 nitrogen and oxygen atoms in total. The predicted octanol–water partition coefficient (Wildman–Crippen LogP) is 3.96. The molecule has 1 heterocycles. The SMILES string of the molecule is Cc1ccccc1C(=O)N1CCCN(C(=O)CCc2ccc(Cl)cc2)CC1. The highest BCUT2D eigenvalue weighted by molar-refractivity contribution is 6.30. The number of aryl methyl sites for hydroxylation is 2. The van der Waals surface area contributed by atoms with E-state index in [1.165, 1.54) is 0 Å². The number of hydrogen-bond acceptors (Lipinski definition) is 2. The molecular weight excluding hydrogens is 360 g/mol. The highest BCUT2D eigenvalue weighted by atomic mass is 35.5. The van der Waals surface area contributed by atoms with Crippen LogP contribution in [0.15, 0.2) is 48.5 Å². The van der Waals surface area contributed by atoms with Crippen molar-refractivity contribution in [1.29, 1.82) is 0 Å². The molecule has 0 aromatic heterocycles. The molecule has 0 spiro atoms. The lowest BCUT2D eigenvalue weighted by molar-refractivity contribution is -0.131. The van der Waals surface area contributed by atoms with Crippen molar-refractivity contribution in [2.75, 3.05) is 26.2 Å². The highest BCUT2D eigenvalue weighted by Gasteiger charge is 2.23. The van der Waals surface area contributed by atoms with Crippen molar-refractivity contribution in [2.45, 2.75) is 26.2 Å². The number of hydrogen-bond donors (Lipinski definition) is 0. The molecule has 1 aliphatic heterocycles. The maximum absolute atomic E-state index is 12.8. The topological polar surface area (TPSA) is 40.6 Å². The molecule has 0 saturated carbocycles. The number of amides is 2. The lowest BCUT2D eigenvalue weighted by Crippen LogP contribution is -2.37.